The number of aromatic nitrogens is 2. The Labute approximate surface area is 171 Å². The third-order valence-electron chi connectivity index (χ3n) is 5.04. The normalized spacial score (nSPS) is 13.8. The van der Waals surface area contributed by atoms with E-state index >= 15 is 0 Å². The van der Waals surface area contributed by atoms with Crippen molar-refractivity contribution in [3.05, 3.63) is 51.9 Å². The van der Waals surface area contributed by atoms with E-state index in [2.05, 4.69) is 4.98 Å². The molecule has 1 saturated heterocycles. The minimum Gasteiger partial charge on any atom is -0.454 e. The maximum atomic E-state index is 13.0. The molecule has 2 aromatic heterocycles. The molecule has 1 aliphatic heterocycles. The van der Waals surface area contributed by atoms with Gasteiger partial charge in [0.25, 0.3) is 11.5 Å². The monoisotopic (exact) mass is 411 g/mol. The number of fused-ring (bicyclic) bond motifs is 1. The molecular formula is C21H21N3O4S. The van der Waals surface area contributed by atoms with Gasteiger partial charge in [0.15, 0.2) is 6.61 Å². The second kappa shape index (κ2) is 8.16. The van der Waals surface area contributed by atoms with Gasteiger partial charge in [-0.1, -0.05) is 29.8 Å². The molecule has 150 valence electrons. The van der Waals surface area contributed by atoms with Crippen molar-refractivity contribution in [2.75, 3.05) is 19.7 Å². The number of benzene rings is 1. The highest BCUT2D eigenvalue weighted by molar-refractivity contribution is 7.17. The van der Waals surface area contributed by atoms with E-state index in [0.29, 0.717) is 23.3 Å². The predicted molar refractivity (Wildman–Crippen MR) is 111 cm³/mol. The quantitative estimate of drug-likeness (QED) is 0.603. The van der Waals surface area contributed by atoms with E-state index < -0.39 is 5.97 Å². The number of carbonyl (C=O) groups excluding carboxylic acids is 2. The number of hydrogen-bond donors (Lipinski definition) is 0. The van der Waals surface area contributed by atoms with Crippen LogP contribution in [0.3, 0.4) is 0 Å². The fraction of sp³-hybridized carbons (Fsp3) is 0.333. The molecule has 0 atom stereocenters. The second-order valence-corrected chi connectivity index (χ2v) is 7.98. The van der Waals surface area contributed by atoms with E-state index in [4.69, 9.17) is 4.74 Å². The summed E-state index contributed by atoms with van der Waals surface area (Å²) in [5.74, 6) is -0.829. The number of amides is 1. The number of carbonyl (C=O) groups is 2. The van der Waals surface area contributed by atoms with Crippen molar-refractivity contribution in [1.82, 2.24) is 14.5 Å². The topological polar surface area (TPSA) is 81.5 Å². The van der Waals surface area contributed by atoms with Crippen molar-refractivity contribution in [1.29, 1.82) is 0 Å². The van der Waals surface area contributed by atoms with Crippen LogP contribution in [-0.4, -0.2) is 46.0 Å². The van der Waals surface area contributed by atoms with Crippen molar-refractivity contribution >= 4 is 33.4 Å². The smallest absolute Gasteiger partial charge is 0.326 e. The van der Waals surface area contributed by atoms with E-state index in [0.717, 1.165) is 29.5 Å². The van der Waals surface area contributed by atoms with Gasteiger partial charge in [0, 0.05) is 24.0 Å². The summed E-state index contributed by atoms with van der Waals surface area (Å²) in [5, 5.41) is 2.39. The van der Waals surface area contributed by atoms with Crippen molar-refractivity contribution in [2.24, 2.45) is 0 Å². The Bertz CT molecular complexity index is 1110. The molecule has 1 amide bonds. The van der Waals surface area contributed by atoms with Crippen LogP contribution < -0.4 is 5.56 Å². The average molecular weight is 411 g/mol. The minimum absolute atomic E-state index is 0.198. The SMILES string of the molecule is Cc1ccc(-c2csc3ncn(CC(=O)OCC(=O)N4CCCC4)c(=O)c23)cc1. The molecule has 0 bridgehead atoms. The standard InChI is InChI=1S/C21H21N3O4S/c1-14-4-6-15(7-5-14)16-12-29-20-19(16)21(27)24(13-22-20)10-18(26)28-11-17(25)23-8-2-3-9-23/h4-7,12-13H,2-3,8-11H2,1H3. The average Bonchev–Trinajstić information content (AvgIpc) is 3.39. The third kappa shape index (κ3) is 4.07. The molecule has 0 aliphatic carbocycles. The molecule has 0 unspecified atom stereocenters. The zero-order valence-electron chi connectivity index (χ0n) is 16.1. The Balaban J connectivity index is 1.52. The Hall–Kier alpha value is -3.00. The molecule has 1 aromatic carbocycles. The third-order valence-corrected chi connectivity index (χ3v) is 5.92. The van der Waals surface area contributed by atoms with Crippen molar-refractivity contribution in [3.8, 4) is 11.1 Å². The number of nitrogens with zero attached hydrogens (tertiary/aromatic N) is 3. The van der Waals surface area contributed by atoms with Crippen molar-refractivity contribution in [2.45, 2.75) is 26.3 Å². The fourth-order valence-corrected chi connectivity index (χ4v) is 4.32. The zero-order valence-corrected chi connectivity index (χ0v) is 16.9. The van der Waals surface area contributed by atoms with Crippen LogP contribution in [0.4, 0.5) is 0 Å². The van der Waals surface area contributed by atoms with Crippen LogP contribution in [0, 0.1) is 6.92 Å². The summed E-state index contributed by atoms with van der Waals surface area (Å²) in [6.45, 7) is 2.84. The van der Waals surface area contributed by atoms with Gasteiger partial charge in [0.05, 0.1) is 11.7 Å². The molecule has 4 rings (SSSR count). The maximum Gasteiger partial charge on any atom is 0.326 e. The highest BCUT2D eigenvalue weighted by Gasteiger charge is 2.20. The summed E-state index contributed by atoms with van der Waals surface area (Å²) in [4.78, 5) is 43.8. The highest BCUT2D eigenvalue weighted by Crippen LogP contribution is 2.30. The number of thiophene rings is 1. The highest BCUT2D eigenvalue weighted by atomic mass is 32.1. The Kier molecular flexibility index (Phi) is 5.44. The van der Waals surface area contributed by atoms with Gasteiger partial charge >= 0.3 is 5.97 Å². The van der Waals surface area contributed by atoms with Gasteiger partial charge in [-0.3, -0.25) is 19.0 Å². The van der Waals surface area contributed by atoms with Gasteiger partial charge in [-0.05, 0) is 25.3 Å². The molecule has 3 aromatic rings. The van der Waals surface area contributed by atoms with Crippen LogP contribution in [0.15, 0.2) is 40.8 Å². The summed E-state index contributed by atoms with van der Waals surface area (Å²) in [7, 11) is 0. The number of esters is 1. The molecule has 7 nitrogen and oxygen atoms in total. The lowest BCUT2D eigenvalue weighted by Crippen LogP contribution is -2.33. The first kappa shape index (κ1) is 19.3. The minimum atomic E-state index is -0.632. The lowest BCUT2D eigenvalue weighted by atomic mass is 10.1. The lowest BCUT2D eigenvalue weighted by molar-refractivity contribution is -0.152. The van der Waals surface area contributed by atoms with E-state index in [1.54, 1.807) is 4.90 Å². The van der Waals surface area contributed by atoms with Crippen LogP contribution >= 0.6 is 11.3 Å². The molecule has 0 radical (unpaired) electrons. The molecular weight excluding hydrogens is 390 g/mol. The molecule has 29 heavy (non-hydrogen) atoms. The Morgan fingerprint density at radius 3 is 2.62 bits per heavy atom. The first-order chi connectivity index (χ1) is 14.0. The molecule has 8 heteroatoms. The summed E-state index contributed by atoms with van der Waals surface area (Å²) in [6.07, 6.45) is 3.30. The lowest BCUT2D eigenvalue weighted by Gasteiger charge is -2.15. The fourth-order valence-electron chi connectivity index (χ4n) is 3.41. The maximum absolute atomic E-state index is 13.0. The van der Waals surface area contributed by atoms with Gasteiger partial charge in [-0.15, -0.1) is 11.3 Å². The van der Waals surface area contributed by atoms with E-state index in [1.807, 2.05) is 36.6 Å². The number of aryl methyl sites for hydroxylation is 1. The largest absolute Gasteiger partial charge is 0.454 e. The Morgan fingerprint density at radius 1 is 1.17 bits per heavy atom. The zero-order chi connectivity index (χ0) is 20.4. The first-order valence-corrected chi connectivity index (χ1v) is 10.4. The predicted octanol–water partition coefficient (Wildman–Crippen LogP) is 2.60. The van der Waals surface area contributed by atoms with E-state index in [9.17, 15) is 14.4 Å². The molecule has 0 N–H and O–H groups in total. The second-order valence-electron chi connectivity index (χ2n) is 7.12. The van der Waals surface area contributed by atoms with Crippen LogP contribution in [-0.2, 0) is 20.9 Å². The number of rotatable bonds is 5. The van der Waals surface area contributed by atoms with Gasteiger partial charge in [0.2, 0.25) is 0 Å². The summed E-state index contributed by atoms with van der Waals surface area (Å²) < 4.78 is 6.31. The number of likely N-dealkylation sites (tertiary alicyclic amines) is 1. The van der Waals surface area contributed by atoms with Crippen molar-refractivity contribution in [3.63, 3.8) is 0 Å². The van der Waals surface area contributed by atoms with Crippen LogP contribution in [0.25, 0.3) is 21.3 Å². The van der Waals surface area contributed by atoms with Gasteiger partial charge in [-0.2, -0.15) is 0 Å². The summed E-state index contributed by atoms with van der Waals surface area (Å²) in [5.41, 5.74) is 2.57. The number of ether oxygens (including phenoxy) is 1. The van der Waals surface area contributed by atoms with Gasteiger partial charge in [-0.25, -0.2) is 4.98 Å². The van der Waals surface area contributed by atoms with Crippen LogP contribution in [0.1, 0.15) is 18.4 Å². The van der Waals surface area contributed by atoms with E-state index in [1.165, 1.54) is 22.2 Å². The molecule has 1 aliphatic rings. The van der Waals surface area contributed by atoms with Crippen molar-refractivity contribution < 1.29 is 14.3 Å². The van der Waals surface area contributed by atoms with Crippen LogP contribution in [0.2, 0.25) is 0 Å². The Morgan fingerprint density at radius 2 is 1.90 bits per heavy atom. The molecule has 0 spiro atoms. The van der Waals surface area contributed by atoms with Gasteiger partial charge < -0.3 is 9.64 Å². The van der Waals surface area contributed by atoms with Gasteiger partial charge in [0.1, 0.15) is 11.4 Å². The molecule has 0 saturated carbocycles. The van der Waals surface area contributed by atoms with Crippen LogP contribution in [0.5, 0.6) is 0 Å². The summed E-state index contributed by atoms with van der Waals surface area (Å²) >= 11 is 1.39. The molecule has 1 fully saturated rings. The summed E-state index contributed by atoms with van der Waals surface area (Å²) in [6, 6.07) is 7.91. The van der Waals surface area contributed by atoms with E-state index in [-0.39, 0.29) is 24.6 Å². The number of hydrogen-bond acceptors (Lipinski definition) is 6. The first-order valence-electron chi connectivity index (χ1n) is 9.50. The molecule has 3 heterocycles.